The van der Waals surface area contributed by atoms with Gasteiger partial charge in [0.2, 0.25) is 0 Å². The van der Waals surface area contributed by atoms with Crippen molar-refractivity contribution in [2.24, 2.45) is 5.73 Å². The minimum atomic E-state index is -0.559. The molecule has 1 rings (SSSR count). The predicted molar refractivity (Wildman–Crippen MR) is 56.2 cm³/mol. The van der Waals surface area contributed by atoms with Gasteiger partial charge in [-0.1, -0.05) is 0 Å². The normalized spacial score (nSPS) is 14.7. The molecule has 0 spiro atoms. The molecule has 1 aromatic carbocycles. The average molecular weight is 213 g/mol. The van der Waals surface area contributed by atoms with Crippen LogP contribution in [0, 0.1) is 5.82 Å². The minimum absolute atomic E-state index is 0.172. The molecule has 0 aliphatic rings. The van der Waals surface area contributed by atoms with Gasteiger partial charge in [-0.25, -0.2) is 4.39 Å². The second-order valence-electron chi connectivity index (χ2n) is 3.63. The SMILES string of the molecule is CC(O)COc1ccc(F)cc1[C@H](C)N. The summed E-state index contributed by atoms with van der Waals surface area (Å²) in [6, 6.07) is 3.88. The molecule has 0 aromatic heterocycles. The lowest BCUT2D eigenvalue weighted by Crippen LogP contribution is -2.15. The third-order valence-corrected chi connectivity index (χ3v) is 1.94. The van der Waals surface area contributed by atoms with Crippen LogP contribution in [0.3, 0.4) is 0 Å². The molecule has 0 aliphatic carbocycles. The summed E-state index contributed by atoms with van der Waals surface area (Å²) in [6.45, 7) is 3.55. The fraction of sp³-hybridized carbons (Fsp3) is 0.455. The van der Waals surface area contributed by atoms with Crippen LogP contribution in [0.25, 0.3) is 0 Å². The van der Waals surface area contributed by atoms with E-state index in [0.717, 1.165) is 0 Å². The zero-order valence-electron chi connectivity index (χ0n) is 8.90. The first kappa shape index (κ1) is 11.9. The summed E-state index contributed by atoms with van der Waals surface area (Å²) in [7, 11) is 0. The Labute approximate surface area is 88.7 Å². The molecule has 1 aromatic rings. The molecule has 0 radical (unpaired) electrons. The predicted octanol–water partition coefficient (Wildman–Crippen LogP) is 1.60. The Balaban J connectivity index is 2.86. The van der Waals surface area contributed by atoms with Crippen molar-refractivity contribution >= 4 is 0 Å². The van der Waals surface area contributed by atoms with E-state index in [9.17, 15) is 4.39 Å². The standard InChI is InChI=1S/C11H16FNO2/c1-7(14)6-15-11-4-3-9(12)5-10(11)8(2)13/h3-5,7-8,14H,6,13H2,1-2H3/t7?,8-/m0/s1. The zero-order valence-corrected chi connectivity index (χ0v) is 8.90. The number of hydrogen-bond acceptors (Lipinski definition) is 3. The third-order valence-electron chi connectivity index (χ3n) is 1.94. The lowest BCUT2D eigenvalue weighted by molar-refractivity contribution is 0.122. The Morgan fingerprint density at radius 2 is 2.13 bits per heavy atom. The first-order valence-corrected chi connectivity index (χ1v) is 4.86. The molecule has 84 valence electrons. The maximum absolute atomic E-state index is 12.9. The number of hydrogen-bond donors (Lipinski definition) is 2. The summed E-state index contributed by atoms with van der Waals surface area (Å²) in [5.41, 5.74) is 6.29. The molecule has 15 heavy (non-hydrogen) atoms. The highest BCUT2D eigenvalue weighted by Gasteiger charge is 2.10. The van der Waals surface area contributed by atoms with Crippen molar-refractivity contribution < 1.29 is 14.2 Å². The van der Waals surface area contributed by atoms with Crippen LogP contribution in [-0.2, 0) is 0 Å². The lowest BCUT2D eigenvalue weighted by atomic mass is 10.1. The van der Waals surface area contributed by atoms with E-state index in [4.69, 9.17) is 15.6 Å². The fourth-order valence-electron chi connectivity index (χ4n) is 1.22. The van der Waals surface area contributed by atoms with Crippen LogP contribution in [-0.4, -0.2) is 17.8 Å². The summed E-state index contributed by atoms with van der Waals surface area (Å²) in [6.07, 6.45) is -0.559. The molecule has 4 heteroatoms. The highest BCUT2D eigenvalue weighted by molar-refractivity contribution is 5.36. The van der Waals surface area contributed by atoms with Gasteiger partial charge in [0.1, 0.15) is 18.2 Å². The Morgan fingerprint density at radius 1 is 1.47 bits per heavy atom. The van der Waals surface area contributed by atoms with Crippen molar-refractivity contribution in [3.8, 4) is 5.75 Å². The zero-order chi connectivity index (χ0) is 11.4. The van der Waals surface area contributed by atoms with Crippen molar-refractivity contribution in [1.82, 2.24) is 0 Å². The number of ether oxygens (including phenoxy) is 1. The van der Waals surface area contributed by atoms with Crippen LogP contribution < -0.4 is 10.5 Å². The summed E-state index contributed by atoms with van der Waals surface area (Å²) in [5, 5.41) is 9.07. The molecule has 3 nitrogen and oxygen atoms in total. The second-order valence-corrected chi connectivity index (χ2v) is 3.63. The van der Waals surface area contributed by atoms with E-state index in [0.29, 0.717) is 11.3 Å². The van der Waals surface area contributed by atoms with Gasteiger partial charge in [0.15, 0.2) is 0 Å². The van der Waals surface area contributed by atoms with Crippen molar-refractivity contribution in [2.75, 3.05) is 6.61 Å². The number of aliphatic hydroxyl groups is 1. The van der Waals surface area contributed by atoms with Crippen LogP contribution >= 0.6 is 0 Å². The van der Waals surface area contributed by atoms with Gasteiger partial charge in [-0.05, 0) is 32.0 Å². The Hall–Kier alpha value is -1.13. The van der Waals surface area contributed by atoms with Crippen LogP contribution in [0.15, 0.2) is 18.2 Å². The molecule has 0 saturated heterocycles. The molecule has 0 saturated carbocycles. The van der Waals surface area contributed by atoms with E-state index in [1.54, 1.807) is 13.8 Å². The van der Waals surface area contributed by atoms with Gasteiger partial charge in [-0.2, -0.15) is 0 Å². The van der Waals surface area contributed by atoms with Gasteiger partial charge >= 0.3 is 0 Å². The number of nitrogens with two attached hydrogens (primary N) is 1. The maximum Gasteiger partial charge on any atom is 0.124 e. The van der Waals surface area contributed by atoms with Gasteiger partial charge in [0.25, 0.3) is 0 Å². The molecule has 0 aliphatic heterocycles. The molecule has 1 unspecified atom stereocenters. The Morgan fingerprint density at radius 3 is 2.67 bits per heavy atom. The van der Waals surface area contributed by atoms with Crippen LogP contribution in [0.4, 0.5) is 4.39 Å². The summed E-state index contributed by atoms with van der Waals surface area (Å²) in [4.78, 5) is 0. The highest BCUT2D eigenvalue weighted by Crippen LogP contribution is 2.24. The van der Waals surface area contributed by atoms with Gasteiger partial charge in [0.05, 0.1) is 6.10 Å². The number of halogens is 1. The molecule has 0 bridgehead atoms. The third kappa shape index (κ3) is 3.49. The van der Waals surface area contributed by atoms with E-state index in [1.807, 2.05) is 0 Å². The molecular weight excluding hydrogens is 197 g/mol. The molecule has 2 atom stereocenters. The maximum atomic E-state index is 12.9. The summed E-state index contributed by atoms with van der Waals surface area (Å²) in [5.74, 6) is 0.180. The first-order valence-electron chi connectivity index (χ1n) is 4.86. The molecular formula is C11H16FNO2. The van der Waals surface area contributed by atoms with Crippen LogP contribution in [0.2, 0.25) is 0 Å². The van der Waals surface area contributed by atoms with E-state index in [2.05, 4.69) is 0 Å². The lowest BCUT2D eigenvalue weighted by Gasteiger charge is -2.14. The molecule has 0 heterocycles. The number of rotatable bonds is 4. The van der Waals surface area contributed by atoms with E-state index in [1.165, 1.54) is 18.2 Å². The van der Waals surface area contributed by atoms with Crippen molar-refractivity contribution in [2.45, 2.75) is 26.0 Å². The van der Waals surface area contributed by atoms with Gasteiger partial charge in [-0.15, -0.1) is 0 Å². The summed E-state index contributed by atoms with van der Waals surface area (Å²) < 4.78 is 18.3. The van der Waals surface area contributed by atoms with Crippen LogP contribution in [0.5, 0.6) is 5.75 Å². The first-order chi connectivity index (χ1) is 7.00. The molecule has 3 N–H and O–H groups in total. The Bertz CT molecular complexity index is 326. The Kier molecular flexibility index (Phi) is 4.05. The quantitative estimate of drug-likeness (QED) is 0.798. The molecule has 0 amide bonds. The minimum Gasteiger partial charge on any atom is -0.491 e. The average Bonchev–Trinajstić information content (AvgIpc) is 2.15. The van der Waals surface area contributed by atoms with Crippen molar-refractivity contribution in [1.29, 1.82) is 0 Å². The molecule has 0 fully saturated rings. The monoisotopic (exact) mass is 213 g/mol. The van der Waals surface area contributed by atoms with E-state index >= 15 is 0 Å². The number of aliphatic hydroxyl groups excluding tert-OH is 1. The van der Waals surface area contributed by atoms with Crippen molar-refractivity contribution in [3.05, 3.63) is 29.6 Å². The van der Waals surface area contributed by atoms with Gasteiger partial charge in [-0.3, -0.25) is 0 Å². The fourth-order valence-corrected chi connectivity index (χ4v) is 1.22. The second kappa shape index (κ2) is 5.09. The van der Waals surface area contributed by atoms with E-state index in [-0.39, 0.29) is 18.5 Å². The smallest absolute Gasteiger partial charge is 0.124 e. The van der Waals surface area contributed by atoms with Gasteiger partial charge in [0, 0.05) is 11.6 Å². The van der Waals surface area contributed by atoms with Gasteiger partial charge < -0.3 is 15.6 Å². The highest BCUT2D eigenvalue weighted by atomic mass is 19.1. The summed E-state index contributed by atoms with van der Waals surface area (Å²) >= 11 is 0. The number of benzene rings is 1. The van der Waals surface area contributed by atoms with Crippen LogP contribution in [0.1, 0.15) is 25.5 Å². The van der Waals surface area contributed by atoms with E-state index < -0.39 is 6.10 Å². The largest absolute Gasteiger partial charge is 0.491 e. The van der Waals surface area contributed by atoms with Crippen molar-refractivity contribution in [3.63, 3.8) is 0 Å². The topological polar surface area (TPSA) is 55.5 Å².